The Bertz CT molecular complexity index is 1060. The molecule has 0 spiro atoms. The molecule has 4 rings (SSSR count). The molecule has 1 aliphatic heterocycles. The Labute approximate surface area is 156 Å². The summed E-state index contributed by atoms with van der Waals surface area (Å²) in [5, 5.41) is 4.76. The minimum absolute atomic E-state index is 0.0385. The molecule has 0 saturated carbocycles. The van der Waals surface area contributed by atoms with Crippen LogP contribution in [-0.4, -0.2) is 25.5 Å². The van der Waals surface area contributed by atoms with Crippen LogP contribution in [0.2, 0.25) is 0 Å². The van der Waals surface area contributed by atoms with Crippen molar-refractivity contribution in [3.8, 4) is 5.75 Å². The maximum Gasteiger partial charge on any atom is 0.258 e. The van der Waals surface area contributed by atoms with Crippen LogP contribution in [-0.2, 0) is 11.3 Å². The lowest BCUT2D eigenvalue weighted by Crippen LogP contribution is -2.42. The van der Waals surface area contributed by atoms with Gasteiger partial charge >= 0.3 is 0 Å². The number of nitrogens with zero attached hydrogens (tertiary/aromatic N) is 1. The number of fused-ring (bicyclic) bond motifs is 2. The molecule has 136 valence electrons. The van der Waals surface area contributed by atoms with Gasteiger partial charge in [-0.15, -0.1) is 0 Å². The van der Waals surface area contributed by atoms with Gasteiger partial charge in [-0.05, 0) is 46.7 Å². The Morgan fingerprint density at radius 2 is 1.89 bits per heavy atom. The number of hydrogen-bond acceptors (Lipinski definition) is 4. The van der Waals surface area contributed by atoms with Crippen LogP contribution in [0.1, 0.15) is 15.9 Å². The first-order valence-electron chi connectivity index (χ1n) is 8.61. The molecule has 2 amide bonds. The fraction of sp³-hybridized carbons (Fsp3) is 0.143. The summed E-state index contributed by atoms with van der Waals surface area (Å²) in [6.45, 7) is 0.432. The van der Waals surface area contributed by atoms with Gasteiger partial charge < -0.3 is 15.8 Å². The predicted molar refractivity (Wildman–Crippen MR) is 105 cm³/mol. The highest BCUT2D eigenvalue weighted by molar-refractivity contribution is 6.16. The second-order valence-electron chi connectivity index (χ2n) is 6.42. The van der Waals surface area contributed by atoms with Crippen molar-refractivity contribution < 1.29 is 14.3 Å². The van der Waals surface area contributed by atoms with Crippen LogP contribution in [0.15, 0.2) is 54.6 Å². The van der Waals surface area contributed by atoms with Crippen LogP contribution in [0.25, 0.3) is 10.8 Å². The zero-order chi connectivity index (χ0) is 19.0. The molecule has 6 nitrogen and oxygen atoms in total. The van der Waals surface area contributed by atoms with Crippen LogP contribution in [0.4, 0.5) is 11.4 Å². The third kappa shape index (κ3) is 3.11. The molecule has 3 N–H and O–H groups in total. The van der Waals surface area contributed by atoms with Crippen molar-refractivity contribution in [2.24, 2.45) is 5.73 Å². The van der Waals surface area contributed by atoms with Gasteiger partial charge in [0, 0.05) is 18.2 Å². The van der Waals surface area contributed by atoms with Gasteiger partial charge in [0.05, 0.1) is 18.5 Å². The van der Waals surface area contributed by atoms with E-state index in [4.69, 9.17) is 10.5 Å². The molecule has 0 radical (unpaired) electrons. The highest BCUT2D eigenvalue weighted by atomic mass is 16.5. The van der Waals surface area contributed by atoms with Crippen molar-refractivity contribution in [1.29, 1.82) is 0 Å². The lowest BCUT2D eigenvalue weighted by molar-refractivity contribution is -0.115. The van der Waals surface area contributed by atoms with Crippen molar-refractivity contribution >= 4 is 34.0 Å². The number of carbonyl (C=O) groups is 2. The number of rotatable bonds is 3. The molecule has 1 heterocycles. The molecular weight excluding hydrogens is 342 g/mol. The van der Waals surface area contributed by atoms with Gasteiger partial charge in [-0.1, -0.05) is 18.2 Å². The first-order valence-corrected chi connectivity index (χ1v) is 8.61. The van der Waals surface area contributed by atoms with Crippen molar-refractivity contribution in [3.63, 3.8) is 0 Å². The number of methoxy groups -OCH3 is 1. The first-order chi connectivity index (χ1) is 13.1. The maximum atomic E-state index is 13.2. The van der Waals surface area contributed by atoms with Crippen molar-refractivity contribution in [3.05, 3.63) is 65.7 Å². The van der Waals surface area contributed by atoms with E-state index in [1.807, 2.05) is 30.3 Å². The number of ether oxygens (including phenoxy) is 1. The Kier molecular flexibility index (Phi) is 4.25. The van der Waals surface area contributed by atoms with Crippen LogP contribution in [0.3, 0.4) is 0 Å². The van der Waals surface area contributed by atoms with Gasteiger partial charge in [0.2, 0.25) is 5.91 Å². The number of amides is 2. The summed E-state index contributed by atoms with van der Waals surface area (Å²) in [5.74, 6) is 0.161. The van der Waals surface area contributed by atoms with E-state index in [2.05, 4.69) is 5.32 Å². The van der Waals surface area contributed by atoms with E-state index in [1.165, 1.54) is 4.90 Å². The second kappa shape index (κ2) is 6.74. The third-order valence-electron chi connectivity index (χ3n) is 4.70. The topological polar surface area (TPSA) is 84.7 Å². The smallest absolute Gasteiger partial charge is 0.258 e. The predicted octanol–water partition coefficient (Wildman–Crippen LogP) is 2.91. The van der Waals surface area contributed by atoms with E-state index in [9.17, 15) is 9.59 Å². The summed E-state index contributed by atoms with van der Waals surface area (Å²) in [6.07, 6.45) is 0. The average molecular weight is 361 g/mol. The summed E-state index contributed by atoms with van der Waals surface area (Å²) in [7, 11) is 1.56. The Balaban J connectivity index is 1.74. The number of anilines is 2. The van der Waals surface area contributed by atoms with Gasteiger partial charge in [0.15, 0.2) is 0 Å². The zero-order valence-electron chi connectivity index (χ0n) is 14.9. The molecule has 0 unspecified atom stereocenters. The first kappa shape index (κ1) is 17.1. The third-order valence-corrected chi connectivity index (χ3v) is 4.70. The van der Waals surface area contributed by atoms with Crippen LogP contribution >= 0.6 is 0 Å². The van der Waals surface area contributed by atoms with Crippen molar-refractivity contribution in [1.82, 2.24) is 0 Å². The number of nitrogens with two attached hydrogens (primary N) is 1. The molecule has 0 aliphatic carbocycles. The summed E-state index contributed by atoms with van der Waals surface area (Å²) < 4.78 is 5.26. The average Bonchev–Trinajstić information content (AvgIpc) is 2.71. The fourth-order valence-corrected chi connectivity index (χ4v) is 3.28. The Morgan fingerprint density at radius 3 is 2.67 bits per heavy atom. The van der Waals surface area contributed by atoms with Gasteiger partial charge in [0.1, 0.15) is 12.3 Å². The zero-order valence-corrected chi connectivity index (χ0v) is 14.9. The Morgan fingerprint density at radius 1 is 1.11 bits per heavy atom. The number of benzene rings is 3. The summed E-state index contributed by atoms with van der Waals surface area (Å²) in [4.78, 5) is 26.7. The minimum Gasteiger partial charge on any atom is -0.497 e. The Hall–Kier alpha value is -3.38. The highest BCUT2D eigenvalue weighted by Crippen LogP contribution is 2.34. The molecule has 3 aromatic rings. The summed E-state index contributed by atoms with van der Waals surface area (Å²) in [6, 6.07) is 16.7. The molecular formula is C21H19N3O3. The minimum atomic E-state index is -0.232. The quantitative estimate of drug-likeness (QED) is 0.751. The molecule has 1 aliphatic rings. The van der Waals surface area contributed by atoms with E-state index in [-0.39, 0.29) is 18.4 Å². The van der Waals surface area contributed by atoms with Crippen LogP contribution < -0.4 is 20.7 Å². The molecule has 0 saturated heterocycles. The molecule has 27 heavy (non-hydrogen) atoms. The van der Waals surface area contributed by atoms with E-state index >= 15 is 0 Å². The fourth-order valence-electron chi connectivity index (χ4n) is 3.28. The molecule has 3 aromatic carbocycles. The van der Waals surface area contributed by atoms with E-state index < -0.39 is 0 Å². The lowest BCUT2D eigenvalue weighted by atomic mass is 10.0. The normalized spacial score (nSPS) is 13.3. The summed E-state index contributed by atoms with van der Waals surface area (Å²) in [5.41, 5.74) is 8.46. The van der Waals surface area contributed by atoms with Gasteiger partial charge in [-0.3, -0.25) is 14.5 Å². The largest absolute Gasteiger partial charge is 0.497 e. The molecule has 0 aromatic heterocycles. The number of nitrogens with one attached hydrogen (secondary N) is 1. The van der Waals surface area contributed by atoms with Crippen molar-refractivity contribution in [2.75, 3.05) is 23.9 Å². The number of carbonyl (C=O) groups excluding carboxylic acids is 2. The highest BCUT2D eigenvalue weighted by Gasteiger charge is 2.28. The van der Waals surface area contributed by atoms with Gasteiger partial charge in [0.25, 0.3) is 5.91 Å². The van der Waals surface area contributed by atoms with E-state index in [1.54, 1.807) is 31.4 Å². The maximum absolute atomic E-state index is 13.2. The molecule has 0 atom stereocenters. The van der Waals surface area contributed by atoms with Gasteiger partial charge in [-0.25, -0.2) is 0 Å². The van der Waals surface area contributed by atoms with E-state index in [0.29, 0.717) is 29.2 Å². The molecule has 0 fully saturated rings. The standard InChI is InChI=1S/C21H19N3O3/c1-27-17-6-7-18-19(10-17)24(12-20(25)23-18)21(26)16-5-4-14-8-13(11-22)2-3-15(14)9-16/h2-10H,11-12,22H2,1H3,(H,23,25). The molecule has 0 bridgehead atoms. The second-order valence-corrected chi connectivity index (χ2v) is 6.42. The SMILES string of the molecule is COc1ccc2c(c1)N(C(=O)c1ccc3cc(CN)ccc3c1)CC(=O)N2. The lowest BCUT2D eigenvalue weighted by Gasteiger charge is -2.29. The summed E-state index contributed by atoms with van der Waals surface area (Å²) >= 11 is 0. The van der Waals surface area contributed by atoms with Crippen molar-refractivity contribution in [2.45, 2.75) is 6.54 Å². The molecule has 6 heteroatoms. The van der Waals surface area contributed by atoms with E-state index in [0.717, 1.165) is 16.3 Å². The van der Waals surface area contributed by atoms with Crippen LogP contribution in [0, 0.1) is 0 Å². The number of hydrogen-bond donors (Lipinski definition) is 2. The monoisotopic (exact) mass is 361 g/mol. The van der Waals surface area contributed by atoms with Crippen LogP contribution in [0.5, 0.6) is 5.75 Å². The van der Waals surface area contributed by atoms with Gasteiger partial charge in [-0.2, -0.15) is 0 Å².